The van der Waals surface area contributed by atoms with Crippen LogP contribution < -0.4 is 10.3 Å². The average molecular weight is 442 g/mol. The summed E-state index contributed by atoms with van der Waals surface area (Å²) in [6.45, 7) is 0.354. The maximum absolute atomic E-state index is 12.4. The lowest BCUT2D eigenvalue weighted by Crippen LogP contribution is -2.10. The molecule has 0 aliphatic carbocycles. The molecule has 4 rings (SSSR count). The number of fused-ring (bicyclic) bond motifs is 1. The molecule has 1 heterocycles. The number of hydrogen-bond donors (Lipinski definition) is 1. The van der Waals surface area contributed by atoms with Gasteiger partial charge in [0.15, 0.2) is 0 Å². The Labute approximate surface area is 168 Å². The third-order valence-corrected chi connectivity index (χ3v) is 4.82. The van der Waals surface area contributed by atoms with E-state index in [-0.39, 0.29) is 5.56 Å². The smallest absolute Gasteiger partial charge is 0.259 e. The van der Waals surface area contributed by atoms with Crippen molar-refractivity contribution < 1.29 is 4.74 Å². The molecule has 0 radical (unpaired) electrons. The largest absolute Gasteiger partial charge is 0.488 e. The molecule has 1 N–H and O–H groups in total. The zero-order chi connectivity index (χ0) is 18.8. The number of H-pyrrole nitrogens is 1. The van der Waals surface area contributed by atoms with E-state index in [0.717, 1.165) is 10.0 Å². The minimum atomic E-state index is -0.184. The fourth-order valence-corrected chi connectivity index (χ4v) is 3.39. The lowest BCUT2D eigenvalue weighted by atomic mass is 10.1. The lowest BCUT2D eigenvalue weighted by molar-refractivity contribution is 0.307. The molecule has 0 saturated carbocycles. The lowest BCUT2D eigenvalue weighted by Gasteiger charge is -2.12. The van der Waals surface area contributed by atoms with Gasteiger partial charge in [-0.2, -0.15) is 0 Å². The van der Waals surface area contributed by atoms with Gasteiger partial charge in [-0.25, -0.2) is 4.98 Å². The Hall–Kier alpha value is -2.63. The van der Waals surface area contributed by atoms with Gasteiger partial charge in [0.1, 0.15) is 18.2 Å². The molecule has 6 heteroatoms. The fraction of sp³-hybridized carbons (Fsp3) is 0.0476. The van der Waals surface area contributed by atoms with E-state index in [0.29, 0.717) is 39.7 Å². The summed E-state index contributed by atoms with van der Waals surface area (Å²) in [4.78, 5) is 19.9. The van der Waals surface area contributed by atoms with Crippen LogP contribution in [-0.4, -0.2) is 9.97 Å². The number of halogens is 2. The van der Waals surface area contributed by atoms with Gasteiger partial charge in [0, 0.05) is 9.50 Å². The summed E-state index contributed by atoms with van der Waals surface area (Å²) < 4.78 is 6.86. The summed E-state index contributed by atoms with van der Waals surface area (Å²) in [7, 11) is 0. The molecule has 0 amide bonds. The number of hydrogen-bond acceptors (Lipinski definition) is 3. The Morgan fingerprint density at radius 2 is 1.89 bits per heavy atom. The summed E-state index contributed by atoms with van der Waals surface area (Å²) in [5.74, 6) is 1.08. The minimum absolute atomic E-state index is 0.184. The van der Waals surface area contributed by atoms with Crippen molar-refractivity contribution in [1.29, 1.82) is 0 Å². The second-order valence-electron chi connectivity index (χ2n) is 5.99. The van der Waals surface area contributed by atoms with Gasteiger partial charge in [-0.15, -0.1) is 0 Å². The minimum Gasteiger partial charge on any atom is -0.488 e. The Kier molecular flexibility index (Phi) is 4.97. The molecular formula is C21H14BrClN2O2. The van der Waals surface area contributed by atoms with Crippen LogP contribution in [0.4, 0.5) is 0 Å². The standard InChI is InChI=1S/C21H14BrClN2O2/c22-14-8-9-19(27-12-13-4-3-5-15(23)10-13)17(11-14)20-24-18-7-2-1-6-16(18)21(26)25-20/h1-11H,12H2,(H,24,25,26). The molecule has 134 valence electrons. The van der Waals surface area contributed by atoms with Crippen molar-refractivity contribution in [3.8, 4) is 17.1 Å². The predicted molar refractivity (Wildman–Crippen MR) is 111 cm³/mol. The molecule has 0 aliphatic heterocycles. The molecule has 0 aliphatic rings. The summed E-state index contributed by atoms with van der Waals surface area (Å²) in [6, 6.07) is 20.4. The van der Waals surface area contributed by atoms with Gasteiger partial charge < -0.3 is 9.72 Å². The van der Waals surface area contributed by atoms with Gasteiger partial charge in [-0.1, -0.05) is 51.8 Å². The number of benzene rings is 3. The van der Waals surface area contributed by atoms with E-state index in [2.05, 4.69) is 25.9 Å². The van der Waals surface area contributed by atoms with Crippen LogP contribution in [0.3, 0.4) is 0 Å². The van der Waals surface area contributed by atoms with Crippen LogP contribution in [0, 0.1) is 0 Å². The second kappa shape index (κ2) is 7.55. The van der Waals surface area contributed by atoms with Crippen molar-refractivity contribution in [3.05, 3.63) is 92.1 Å². The van der Waals surface area contributed by atoms with Crippen LogP contribution in [0.15, 0.2) is 76.0 Å². The highest BCUT2D eigenvalue weighted by Crippen LogP contribution is 2.31. The molecule has 0 fully saturated rings. The Morgan fingerprint density at radius 3 is 2.74 bits per heavy atom. The number of para-hydroxylation sites is 1. The fourth-order valence-electron chi connectivity index (χ4n) is 2.81. The first-order valence-corrected chi connectivity index (χ1v) is 9.43. The molecule has 27 heavy (non-hydrogen) atoms. The molecule has 0 unspecified atom stereocenters. The highest BCUT2D eigenvalue weighted by atomic mass is 79.9. The van der Waals surface area contributed by atoms with Crippen LogP contribution in [0.5, 0.6) is 5.75 Å². The van der Waals surface area contributed by atoms with E-state index in [4.69, 9.17) is 16.3 Å². The van der Waals surface area contributed by atoms with Crippen LogP contribution >= 0.6 is 27.5 Å². The van der Waals surface area contributed by atoms with Crippen LogP contribution in [0.2, 0.25) is 5.02 Å². The van der Waals surface area contributed by atoms with Crippen LogP contribution in [0.1, 0.15) is 5.56 Å². The normalized spacial score (nSPS) is 10.9. The van der Waals surface area contributed by atoms with Gasteiger partial charge in [-0.05, 0) is 48.0 Å². The monoisotopic (exact) mass is 440 g/mol. The van der Waals surface area contributed by atoms with E-state index in [1.54, 1.807) is 6.07 Å². The number of ether oxygens (including phenoxy) is 1. The molecule has 3 aromatic carbocycles. The molecule has 0 atom stereocenters. The first-order chi connectivity index (χ1) is 13.1. The number of rotatable bonds is 4. The zero-order valence-corrected chi connectivity index (χ0v) is 16.4. The second-order valence-corrected chi connectivity index (χ2v) is 7.34. The van der Waals surface area contributed by atoms with E-state index in [9.17, 15) is 4.79 Å². The van der Waals surface area contributed by atoms with Crippen molar-refractivity contribution in [1.82, 2.24) is 9.97 Å². The van der Waals surface area contributed by atoms with Crippen LogP contribution in [-0.2, 0) is 6.61 Å². The maximum Gasteiger partial charge on any atom is 0.259 e. The summed E-state index contributed by atoms with van der Waals surface area (Å²) >= 11 is 9.51. The van der Waals surface area contributed by atoms with Crippen LogP contribution in [0.25, 0.3) is 22.3 Å². The summed E-state index contributed by atoms with van der Waals surface area (Å²) in [6.07, 6.45) is 0. The average Bonchev–Trinajstić information content (AvgIpc) is 2.67. The Bertz CT molecular complexity index is 1190. The topological polar surface area (TPSA) is 55.0 Å². The van der Waals surface area contributed by atoms with Gasteiger partial charge in [0.2, 0.25) is 0 Å². The SMILES string of the molecule is O=c1[nH]c(-c2cc(Br)ccc2OCc2cccc(Cl)c2)nc2ccccc12. The van der Waals surface area contributed by atoms with Gasteiger partial charge in [-0.3, -0.25) is 4.79 Å². The highest BCUT2D eigenvalue weighted by Gasteiger charge is 2.12. The molecule has 0 spiro atoms. The van der Waals surface area contributed by atoms with Crippen molar-refractivity contribution in [2.45, 2.75) is 6.61 Å². The highest BCUT2D eigenvalue weighted by molar-refractivity contribution is 9.10. The number of aromatic amines is 1. The number of aromatic nitrogens is 2. The summed E-state index contributed by atoms with van der Waals surface area (Å²) in [5, 5.41) is 1.21. The third kappa shape index (κ3) is 3.89. The first-order valence-electron chi connectivity index (χ1n) is 8.26. The van der Waals surface area contributed by atoms with Crippen molar-refractivity contribution in [2.24, 2.45) is 0 Å². The molecule has 0 bridgehead atoms. The molecular weight excluding hydrogens is 428 g/mol. The van der Waals surface area contributed by atoms with Gasteiger partial charge in [0.25, 0.3) is 5.56 Å². The molecule has 0 saturated heterocycles. The third-order valence-electron chi connectivity index (χ3n) is 4.09. The molecule has 1 aromatic heterocycles. The van der Waals surface area contributed by atoms with Gasteiger partial charge in [0.05, 0.1) is 16.5 Å². The first kappa shape index (κ1) is 17.8. The molecule has 4 nitrogen and oxygen atoms in total. The zero-order valence-electron chi connectivity index (χ0n) is 14.1. The number of nitrogens with one attached hydrogen (secondary N) is 1. The van der Waals surface area contributed by atoms with Crippen molar-refractivity contribution in [2.75, 3.05) is 0 Å². The van der Waals surface area contributed by atoms with E-state index in [1.807, 2.05) is 60.7 Å². The van der Waals surface area contributed by atoms with E-state index < -0.39 is 0 Å². The van der Waals surface area contributed by atoms with Crippen molar-refractivity contribution in [3.63, 3.8) is 0 Å². The molecule has 4 aromatic rings. The predicted octanol–water partition coefficient (Wildman–Crippen LogP) is 5.59. The Balaban J connectivity index is 1.74. The quantitative estimate of drug-likeness (QED) is 0.449. The number of nitrogens with zero attached hydrogens (tertiary/aromatic N) is 1. The van der Waals surface area contributed by atoms with E-state index >= 15 is 0 Å². The van der Waals surface area contributed by atoms with E-state index in [1.165, 1.54) is 0 Å². The van der Waals surface area contributed by atoms with Gasteiger partial charge >= 0.3 is 0 Å². The maximum atomic E-state index is 12.4. The Morgan fingerprint density at radius 1 is 1.04 bits per heavy atom. The van der Waals surface area contributed by atoms with Crippen molar-refractivity contribution >= 4 is 38.4 Å². The summed E-state index contributed by atoms with van der Waals surface area (Å²) in [5.41, 5.74) is 2.11.